The molecule has 0 radical (unpaired) electrons. The largest absolute Gasteiger partial charge is 0.466 e. The van der Waals surface area contributed by atoms with Gasteiger partial charge < -0.3 is 10.1 Å². The first-order valence-electron chi connectivity index (χ1n) is 8.07. The van der Waals surface area contributed by atoms with Crippen LogP contribution in [0.25, 0.3) is 0 Å². The van der Waals surface area contributed by atoms with Crippen LogP contribution in [-0.4, -0.2) is 34.5 Å². The van der Waals surface area contributed by atoms with Gasteiger partial charge in [-0.15, -0.1) is 11.3 Å². The van der Waals surface area contributed by atoms with Crippen LogP contribution in [0.2, 0.25) is 0 Å². The van der Waals surface area contributed by atoms with Crippen molar-refractivity contribution in [2.45, 2.75) is 36.8 Å². The molecule has 0 unspecified atom stereocenters. The van der Waals surface area contributed by atoms with Crippen molar-refractivity contribution in [3.63, 3.8) is 0 Å². The summed E-state index contributed by atoms with van der Waals surface area (Å²) in [5.41, 5.74) is 1.88. The summed E-state index contributed by atoms with van der Waals surface area (Å²) in [4.78, 5) is 39.4. The number of carbonyl (C=O) groups excluding carboxylic acids is 3. The summed E-state index contributed by atoms with van der Waals surface area (Å²) in [5, 5.41) is 4.25. The molecule has 1 atom stereocenters. The van der Waals surface area contributed by atoms with Gasteiger partial charge in [-0.25, -0.2) is 4.98 Å². The number of Topliss-reactive ketones (excluding diaryl/α,β-unsaturated/α-hetero) is 1. The molecule has 0 aliphatic heterocycles. The van der Waals surface area contributed by atoms with Crippen LogP contribution in [0.1, 0.15) is 36.8 Å². The minimum atomic E-state index is -0.357. The Balaban J connectivity index is 1.89. The molecule has 0 spiro atoms. The molecule has 1 aromatic heterocycles. The molecule has 0 bridgehead atoms. The lowest BCUT2D eigenvalue weighted by Crippen LogP contribution is -2.22. The van der Waals surface area contributed by atoms with Crippen LogP contribution < -0.4 is 5.32 Å². The molecule has 26 heavy (non-hydrogen) atoms. The minimum Gasteiger partial charge on any atom is -0.466 e. The van der Waals surface area contributed by atoms with Crippen molar-refractivity contribution in [3.8, 4) is 0 Å². The second-order valence-corrected chi connectivity index (χ2v) is 7.92. The predicted octanol–water partition coefficient (Wildman–Crippen LogP) is 3.57. The molecular formula is C18H20N2O4S2. The van der Waals surface area contributed by atoms with Crippen LogP contribution in [-0.2, 0) is 20.7 Å². The molecule has 1 amide bonds. The number of benzene rings is 1. The van der Waals surface area contributed by atoms with E-state index in [9.17, 15) is 14.4 Å². The highest BCUT2D eigenvalue weighted by Crippen LogP contribution is 2.27. The number of esters is 1. The number of thioether (sulfide) groups is 1. The summed E-state index contributed by atoms with van der Waals surface area (Å²) in [6, 6.07) is 6.76. The van der Waals surface area contributed by atoms with Gasteiger partial charge in [-0.2, -0.15) is 0 Å². The van der Waals surface area contributed by atoms with E-state index in [1.165, 1.54) is 30.0 Å². The molecule has 2 rings (SSSR count). The highest BCUT2D eigenvalue weighted by atomic mass is 32.2. The number of hydrogen-bond donors (Lipinski definition) is 1. The highest BCUT2D eigenvalue weighted by Gasteiger charge is 2.17. The number of nitrogens with one attached hydrogen (secondary N) is 1. The summed E-state index contributed by atoms with van der Waals surface area (Å²) in [5.74, 6) is -0.490. The van der Waals surface area contributed by atoms with Crippen LogP contribution in [0.15, 0.2) is 34.0 Å². The Hall–Kier alpha value is -2.19. The van der Waals surface area contributed by atoms with Gasteiger partial charge in [0.15, 0.2) is 10.1 Å². The second-order valence-electron chi connectivity index (χ2n) is 5.47. The molecule has 0 aliphatic carbocycles. The van der Waals surface area contributed by atoms with Gasteiger partial charge >= 0.3 is 5.97 Å². The highest BCUT2D eigenvalue weighted by molar-refractivity contribution is 8.02. The lowest BCUT2D eigenvalue weighted by molar-refractivity contribution is -0.142. The molecule has 8 heteroatoms. The van der Waals surface area contributed by atoms with E-state index in [4.69, 9.17) is 4.74 Å². The van der Waals surface area contributed by atoms with Crippen molar-refractivity contribution >= 4 is 46.4 Å². The average molecular weight is 393 g/mol. The Morgan fingerprint density at radius 3 is 2.58 bits per heavy atom. The fourth-order valence-electron chi connectivity index (χ4n) is 2.02. The van der Waals surface area contributed by atoms with Gasteiger partial charge in [0.05, 0.1) is 24.0 Å². The fraction of sp³-hybridized carbons (Fsp3) is 0.333. The lowest BCUT2D eigenvalue weighted by atomic mass is 10.1. The van der Waals surface area contributed by atoms with Crippen LogP contribution in [0.4, 0.5) is 5.69 Å². The number of hydrogen-bond acceptors (Lipinski definition) is 7. The number of thiazole rings is 1. The fourth-order valence-corrected chi connectivity index (χ4v) is 4.00. The molecule has 1 heterocycles. The van der Waals surface area contributed by atoms with E-state index in [0.29, 0.717) is 23.6 Å². The number of ether oxygens (including phenoxy) is 1. The van der Waals surface area contributed by atoms with E-state index < -0.39 is 0 Å². The molecule has 0 saturated heterocycles. The van der Waals surface area contributed by atoms with E-state index >= 15 is 0 Å². The molecule has 0 fully saturated rings. The van der Waals surface area contributed by atoms with Crippen molar-refractivity contribution in [3.05, 3.63) is 40.9 Å². The Kier molecular flexibility index (Phi) is 7.35. The van der Waals surface area contributed by atoms with Gasteiger partial charge in [-0.1, -0.05) is 11.8 Å². The third-order valence-corrected chi connectivity index (χ3v) is 5.49. The monoisotopic (exact) mass is 392 g/mol. The number of rotatable bonds is 8. The van der Waals surface area contributed by atoms with Crippen LogP contribution >= 0.6 is 23.1 Å². The smallest absolute Gasteiger partial charge is 0.311 e. The summed E-state index contributed by atoms with van der Waals surface area (Å²) < 4.78 is 5.62. The van der Waals surface area contributed by atoms with Crippen molar-refractivity contribution in [1.29, 1.82) is 0 Å². The predicted molar refractivity (Wildman–Crippen MR) is 103 cm³/mol. The van der Waals surface area contributed by atoms with Gasteiger partial charge in [-0.3, -0.25) is 14.4 Å². The molecule has 138 valence electrons. The van der Waals surface area contributed by atoms with Crippen molar-refractivity contribution < 1.29 is 19.1 Å². The second kappa shape index (κ2) is 9.49. The minimum absolute atomic E-state index is 0.0193. The molecule has 1 aromatic carbocycles. The summed E-state index contributed by atoms with van der Waals surface area (Å²) in [6.07, 6.45) is 0.133. The van der Waals surface area contributed by atoms with Crippen LogP contribution in [0.3, 0.4) is 0 Å². The summed E-state index contributed by atoms with van der Waals surface area (Å²) >= 11 is 2.72. The van der Waals surface area contributed by atoms with Gasteiger partial charge in [0.25, 0.3) is 0 Å². The third-order valence-electron chi connectivity index (χ3n) is 3.37. The maximum Gasteiger partial charge on any atom is 0.311 e. The zero-order valence-electron chi connectivity index (χ0n) is 14.8. The Bertz CT molecular complexity index is 787. The lowest BCUT2D eigenvalue weighted by Gasteiger charge is -2.10. The number of carbonyl (C=O) groups is 3. The van der Waals surface area contributed by atoms with E-state index in [2.05, 4.69) is 10.3 Å². The SMILES string of the molecule is CCOC(=O)Cc1csc(S[C@H](C)C(=O)Nc2ccc(C(C)=O)cc2)n1. The Labute approximate surface area is 160 Å². The molecule has 1 N–H and O–H groups in total. The zero-order chi connectivity index (χ0) is 19.1. The number of nitrogens with zero attached hydrogens (tertiary/aromatic N) is 1. The Morgan fingerprint density at radius 1 is 1.27 bits per heavy atom. The van der Waals surface area contributed by atoms with Crippen LogP contribution in [0.5, 0.6) is 0 Å². The summed E-state index contributed by atoms with van der Waals surface area (Å²) in [6.45, 7) is 5.39. The summed E-state index contributed by atoms with van der Waals surface area (Å²) in [7, 11) is 0. The maximum atomic E-state index is 12.3. The standard InChI is InChI=1S/C18H20N2O4S2/c1-4-24-16(22)9-15-10-25-18(20-15)26-12(3)17(23)19-14-7-5-13(6-8-14)11(2)21/h5-8,10,12H,4,9H2,1-3H3,(H,19,23)/t12-/m1/s1. The van der Waals surface area contributed by atoms with Gasteiger partial charge in [0.1, 0.15) is 0 Å². The van der Waals surface area contributed by atoms with E-state index in [-0.39, 0.29) is 29.3 Å². The maximum absolute atomic E-state index is 12.3. The normalized spacial score (nSPS) is 11.7. The van der Waals surface area contributed by atoms with Gasteiger partial charge in [-0.05, 0) is 45.0 Å². The number of amides is 1. The molecule has 6 nitrogen and oxygen atoms in total. The van der Waals surface area contributed by atoms with Crippen molar-refractivity contribution in [1.82, 2.24) is 4.98 Å². The van der Waals surface area contributed by atoms with Crippen molar-refractivity contribution in [2.75, 3.05) is 11.9 Å². The van der Waals surface area contributed by atoms with Gasteiger partial charge in [0.2, 0.25) is 5.91 Å². The first-order valence-corrected chi connectivity index (χ1v) is 9.83. The first kappa shape index (κ1) is 20.1. The van der Waals surface area contributed by atoms with Gasteiger partial charge in [0, 0.05) is 16.6 Å². The number of anilines is 1. The number of aromatic nitrogens is 1. The topological polar surface area (TPSA) is 85.4 Å². The van der Waals surface area contributed by atoms with E-state index in [1.807, 2.05) is 0 Å². The van der Waals surface area contributed by atoms with E-state index in [0.717, 1.165) is 4.34 Å². The molecule has 0 aliphatic rings. The molecular weight excluding hydrogens is 372 g/mol. The van der Waals surface area contributed by atoms with Crippen molar-refractivity contribution in [2.24, 2.45) is 0 Å². The zero-order valence-corrected chi connectivity index (χ0v) is 16.4. The van der Waals surface area contributed by atoms with E-state index in [1.54, 1.807) is 43.5 Å². The Morgan fingerprint density at radius 2 is 1.96 bits per heavy atom. The third kappa shape index (κ3) is 5.96. The number of ketones is 1. The average Bonchev–Trinajstić information content (AvgIpc) is 3.02. The molecule has 2 aromatic rings. The molecule has 0 saturated carbocycles. The first-order chi connectivity index (χ1) is 12.4. The quantitative estimate of drug-likeness (QED) is 0.420. The van der Waals surface area contributed by atoms with Crippen LogP contribution in [0, 0.1) is 0 Å².